The van der Waals surface area contributed by atoms with E-state index in [9.17, 15) is 4.79 Å². The lowest BCUT2D eigenvalue weighted by Crippen LogP contribution is -2.45. The second-order valence-electron chi connectivity index (χ2n) is 3.15. The summed E-state index contributed by atoms with van der Waals surface area (Å²) in [5.41, 5.74) is 0. The summed E-state index contributed by atoms with van der Waals surface area (Å²) in [6.45, 7) is 1.50. The lowest BCUT2D eigenvalue weighted by atomic mass is 9.80. The highest BCUT2D eigenvalue weighted by molar-refractivity contribution is 5.71. The first-order valence-electron chi connectivity index (χ1n) is 4.19. The summed E-state index contributed by atoms with van der Waals surface area (Å²) >= 11 is 0. The minimum absolute atomic E-state index is 0.120. The third-order valence-electron chi connectivity index (χ3n) is 2.23. The lowest BCUT2D eigenvalue weighted by Gasteiger charge is -2.32. The van der Waals surface area contributed by atoms with Gasteiger partial charge < -0.3 is 15.2 Å². The van der Waals surface area contributed by atoms with Crippen LogP contribution in [-0.4, -0.2) is 37.4 Å². The number of carboxylic acid groups (broad SMARTS) is 1. The predicted molar refractivity (Wildman–Crippen MR) is 44.0 cm³/mol. The number of carbonyl (C=O) groups is 1. The summed E-state index contributed by atoms with van der Waals surface area (Å²) in [4.78, 5) is 10.4. The molecule has 0 saturated heterocycles. The largest absolute Gasteiger partial charge is 0.481 e. The number of carboxylic acids is 1. The van der Waals surface area contributed by atoms with Crippen molar-refractivity contribution in [1.82, 2.24) is 5.32 Å². The van der Waals surface area contributed by atoms with E-state index in [4.69, 9.17) is 9.84 Å². The molecular formula is C8H15NO3. The van der Waals surface area contributed by atoms with Crippen molar-refractivity contribution in [2.24, 2.45) is 5.92 Å². The first-order valence-corrected chi connectivity index (χ1v) is 4.19. The molecule has 1 fully saturated rings. The smallest absolute Gasteiger partial charge is 0.306 e. The van der Waals surface area contributed by atoms with E-state index in [1.165, 1.54) is 0 Å². The zero-order valence-corrected chi connectivity index (χ0v) is 7.25. The first-order chi connectivity index (χ1) is 5.74. The third kappa shape index (κ3) is 2.46. The van der Waals surface area contributed by atoms with Crippen molar-refractivity contribution in [3.8, 4) is 0 Å². The molecule has 12 heavy (non-hydrogen) atoms. The van der Waals surface area contributed by atoms with Gasteiger partial charge in [-0.25, -0.2) is 0 Å². The highest BCUT2D eigenvalue weighted by Gasteiger charge is 2.33. The van der Waals surface area contributed by atoms with Gasteiger partial charge in [0.25, 0.3) is 0 Å². The minimum Gasteiger partial charge on any atom is -0.481 e. The fraction of sp³-hybridized carbons (Fsp3) is 0.875. The van der Waals surface area contributed by atoms with Crippen LogP contribution >= 0.6 is 0 Å². The molecule has 0 radical (unpaired) electrons. The van der Waals surface area contributed by atoms with Crippen LogP contribution in [0.15, 0.2) is 0 Å². The Kier molecular flexibility index (Phi) is 3.49. The number of rotatable bonds is 5. The van der Waals surface area contributed by atoms with Gasteiger partial charge >= 0.3 is 5.97 Å². The van der Waals surface area contributed by atoms with Crippen LogP contribution < -0.4 is 5.32 Å². The van der Waals surface area contributed by atoms with E-state index >= 15 is 0 Å². The first kappa shape index (κ1) is 9.48. The maximum atomic E-state index is 10.4. The molecule has 0 aromatic rings. The van der Waals surface area contributed by atoms with Crippen LogP contribution in [0.2, 0.25) is 0 Å². The molecule has 0 aromatic heterocycles. The Morgan fingerprint density at radius 2 is 2.33 bits per heavy atom. The normalized spacial score (nSPS) is 28.1. The molecule has 0 spiro atoms. The molecule has 0 unspecified atom stereocenters. The van der Waals surface area contributed by atoms with Crippen molar-refractivity contribution >= 4 is 5.97 Å². The predicted octanol–water partition coefficient (Wildman–Crippen LogP) is 0.0856. The number of ether oxygens (including phenoxy) is 1. The number of aliphatic carboxylic acids is 1. The highest BCUT2D eigenvalue weighted by Crippen LogP contribution is 2.26. The second kappa shape index (κ2) is 4.42. The van der Waals surface area contributed by atoms with Crippen molar-refractivity contribution in [2.45, 2.75) is 18.9 Å². The SMILES string of the molecule is COCCNC1CC(C(=O)O)C1. The average molecular weight is 173 g/mol. The molecule has 0 atom stereocenters. The number of hydrogen-bond acceptors (Lipinski definition) is 3. The Morgan fingerprint density at radius 1 is 1.67 bits per heavy atom. The van der Waals surface area contributed by atoms with Gasteiger partial charge in [0.05, 0.1) is 12.5 Å². The summed E-state index contributed by atoms with van der Waals surface area (Å²) in [6, 6.07) is 0.390. The monoisotopic (exact) mass is 173 g/mol. The second-order valence-corrected chi connectivity index (χ2v) is 3.15. The number of nitrogens with one attached hydrogen (secondary N) is 1. The molecule has 1 aliphatic rings. The molecule has 0 amide bonds. The Labute approximate surface area is 71.9 Å². The molecule has 1 rings (SSSR count). The fourth-order valence-corrected chi connectivity index (χ4v) is 1.35. The van der Waals surface area contributed by atoms with Crippen LogP contribution in [0, 0.1) is 5.92 Å². The van der Waals surface area contributed by atoms with E-state index in [2.05, 4.69) is 5.32 Å². The standard InChI is InChI=1S/C8H15NO3/c1-12-3-2-9-7-4-6(5-7)8(10)11/h6-7,9H,2-5H2,1H3,(H,10,11). The molecule has 0 aliphatic heterocycles. The number of hydrogen-bond donors (Lipinski definition) is 2. The van der Waals surface area contributed by atoms with Gasteiger partial charge in [-0.15, -0.1) is 0 Å². The van der Waals surface area contributed by atoms with Crippen molar-refractivity contribution < 1.29 is 14.6 Å². The van der Waals surface area contributed by atoms with E-state index in [1.807, 2.05) is 0 Å². The van der Waals surface area contributed by atoms with E-state index in [0.29, 0.717) is 12.6 Å². The summed E-state index contributed by atoms with van der Waals surface area (Å²) in [5, 5.41) is 11.8. The molecule has 1 aliphatic carbocycles. The zero-order chi connectivity index (χ0) is 8.97. The molecule has 0 heterocycles. The van der Waals surface area contributed by atoms with Crippen molar-refractivity contribution in [2.75, 3.05) is 20.3 Å². The summed E-state index contributed by atoms with van der Waals surface area (Å²) in [6.07, 6.45) is 1.53. The molecule has 70 valence electrons. The zero-order valence-electron chi connectivity index (χ0n) is 7.25. The molecular weight excluding hydrogens is 158 g/mol. The minimum atomic E-state index is -0.667. The topological polar surface area (TPSA) is 58.6 Å². The van der Waals surface area contributed by atoms with Gasteiger partial charge in [0.2, 0.25) is 0 Å². The van der Waals surface area contributed by atoms with E-state index in [0.717, 1.165) is 19.4 Å². The molecule has 4 heteroatoms. The van der Waals surface area contributed by atoms with Crippen molar-refractivity contribution in [1.29, 1.82) is 0 Å². The average Bonchev–Trinajstić information content (AvgIpc) is 1.93. The van der Waals surface area contributed by atoms with E-state index in [1.54, 1.807) is 7.11 Å². The van der Waals surface area contributed by atoms with Gasteiger partial charge in [0.15, 0.2) is 0 Å². The van der Waals surface area contributed by atoms with Gasteiger partial charge in [-0.3, -0.25) is 4.79 Å². The van der Waals surface area contributed by atoms with Crippen molar-refractivity contribution in [3.05, 3.63) is 0 Å². The van der Waals surface area contributed by atoms with Crippen LogP contribution in [-0.2, 0) is 9.53 Å². The highest BCUT2D eigenvalue weighted by atomic mass is 16.5. The Balaban J connectivity index is 1.98. The van der Waals surface area contributed by atoms with Crippen LogP contribution in [0.1, 0.15) is 12.8 Å². The van der Waals surface area contributed by atoms with Crippen LogP contribution in [0.5, 0.6) is 0 Å². The Hall–Kier alpha value is -0.610. The van der Waals surface area contributed by atoms with Gasteiger partial charge in [0.1, 0.15) is 0 Å². The number of methoxy groups -OCH3 is 1. The third-order valence-corrected chi connectivity index (χ3v) is 2.23. The molecule has 0 aromatic carbocycles. The van der Waals surface area contributed by atoms with Gasteiger partial charge in [-0.2, -0.15) is 0 Å². The molecule has 2 N–H and O–H groups in total. The quantitative estimate of drug-likeness (QED) is 0.578. The van der Waals surface area contributed by atoms with Gasteiger partial charge in [0, 0.05) is 19.7 Å². The molecule has 1 saturated carbocycles. The van der Waals surface area contributed by atoms with Crippen LogP contribution in [0.3, 0.4) is 0 Å². The van der Waals surface area contributed by atoms with E-state index < -0.39 is 5.97 Å². The van der Waals surface area contributed by atoms with Crippen LogP contribution in [0.25, 0.3) is 0 Å². The van der Waals surface area contributed by atoms with Crippen molar-refractivity contribution in [3.63, 3.8) is 0 Å². The summed E-state index contributed by atoms with van der Waals surface area (Å²) in [7, 11) is 1.66. The summed E-state index contributed by atoms with van der Waals surface area (Å²) in [5.74, 6) is -0.787. The van der Waals surface area contributed by atoms with E-state index in [-0.39, 0.29) is 5.92 Å². The van der Waals surface area contributed by atoms with Gasteiger partial charge in [-0.05, 0) is 12.8 Å². The van der Waals surface area contributed by atoms with Gasteiger partial charge in [-0.1, -0.05) is 0 Å². The lowest BCUT2D eigenvalue weighted by molar-refractivity contribution is -0.145. The van der Waals surface area contributed by atoms with Crippen LogP contribution in [0.4, 0.5) is 0 Å². The maximum Gasteiger partial charge on any atom is 0.306 e. The summed E-state index contributed by atoms with van der Waals surface area (Å²) < 4.78 is 4.86. The Bertz CT molecular complexity index is 154. The maximum absolute atomic E-state index is 10.4. The molecule has 0 bridgehead atoms. The molecule has 4 nitrogen and oxygen atoms in total. The Morgan fingerprint density at radius 3 is 2.83 bits per heavy atom. The fourth-order valence-electron chi connectivity index (χ4n) is 1.35.